The first-order valence-corrected chi connectivity index (χ1v) is 11.0. The lowest BCUT2D eigenvalue weighted by molar-refractivity contribution is 0.102. The van der Waals surface area contributed by atoms with Crippen molar-refractivity contribution >= 4 is 5.95 Å². The van der Waals surface area contributed by atoms with Gasteiger partial charge in [0, 0.05) is 6.54 Å². The first-order chi connectivity index (χ1) is 15.4. The maximum atomic E-state index is 5.59. The molecular weight excluding hydrogens is 416 g/mol. The van der Waals surface area contributed by atoms with E-state index in [1.165, 1.54) is 0 Å². The van der Waals surface area contributed by atoms with Gasteiger partial charge in [-0.05, 0) is 34.7 Å². The molecule has 2 atom stereocenters. The second-order valence-corrected chi connectivity index (χ2v) is 7.46. The Kier molecular flexibility index (Phi) is 7.91. The zero-order chi connectivity index (χ0) is 23.1. The molecule has 176 valence electrons. The van der Waals surface area contributed by atoms with E-state index >= 15 is 0 Å². The highest BCUT2D eigenvalue weighted by Gasteiger charge is 2.46. The van der Waals surface area contributed by atoms with Crippen LogP contribution >= 0.6 is 0 Å². The normalized spacial score (nSPS) is 21.2. The summed E-state index contributed by atoms with van der Waals surface area (Å²) in [7, 11) is 4.12. The molecule has 0 radical (unpaired) electrons. The smallest absolute Gasteiger partial charge is 0.338 e. The molecule has 3 heterocycles. The third kappa shape index (κ3) is 5.30. The van der Waals surface area contributed by atoms with Crippen LogP contribution in [0.25, 0.3) is 0 Å². The highest BCUT2D eigenvalue weighted by Crippen LogP contribution is 2.35. The number of ether oxygens (including phenoxy) is 4. The molecule has 1 fully saturated rings. The van der Waals surface area contributed by atoms with Crippen molar-refractivity contribution in [1.29, 1.82) is 0 Å². The molecule has 0 aromatic carbocycles. The lowest BCUT2D eigenvalue weighted by Gasteiger charge is -2.44. The fourth-order valence-corrected chi connectivity index (χ4v) is 3.51. The Hall–Kier alpha value is -2.86. The summed E-state index contributed by atoms with van der Waals surface area (Å²) in [6.45, 7) is 11.5. The van der Waals surface area contributed by atoms with Crippen LogP contribution in [0.2, 0.25) is 0 Å². The van der Waals surface area contributed by atoms with Gasteiger partial charge in [-0.3, -0.25) is 4.90 Å². The Morgan fingerprint density at radius 2 is 1.19 bits per heavy atom. The standard InChI is InChI=1S/C20H33N8O4/c1-7-29-17-21-15(22-18(25-17)30-8-2)14-13-27(5)11-12-28(14,6)16-23-19(31-9-3)26-20(24-16)32-10-4/h14H,7-13H2,1-6H3/q+1. The van der Waals surface area contributed by atoms with Crippen LogP contribution in [0.1, 0.15) is 39.6 Å². The Morgan fingerprint density at radius 3 is 1.62 bits per heavy atom. The number of likely N-dealkylation sites (N-methyl/N-ethyl adjacent to an activating group) is 2. The molecule has 2 unspecified atom stereocenters. The molecule has 0 saturated carbocycles. The van der Waals surface area contributed by atoms with Gasteiger partial charge >= 0.3 is 30.0 Å². The number of hydrogen-bond acceptors (Lipinski definition) is 11. The van der Waals surface area contributed by atoms with Crippen LogP contribution in [0, 0.1) is 0 Å². The summed E-state index contributed by atoms with van der Waals surface area (Å²) in [6, 6.07) is 0.738. The molecule has 2 aromatic heterocycles. The fourth-order valence-electron chi connectivity index (χ4n) is 3.51. The Bertz CT molecular complexity index is 853. The second kappa shape index (κ2) is 10.6. The average Bonchev–Trinajstić information content (AvgIpc) is 2.76. The van der Waals surface area contributed by atoms with E-state index in [9.17, 15) is 0 Å². The molecule has 0 N–H and O–H groups in total. The first kappa shape index (κ1) is 23.8. The van der Waals surface area contributed by atoms with Gasteiger partial charge in [0.25, 0.3) is 0 Å². The van der Waals surface area contributed by atoms with Crippen LogP contribution in [0.4, 0.5) is 5.95 Å². The van der Waals surface area contributed by atoms with Crippen molar-refractivity contribution in [2.24, 2.45) is 0 Å². The Labute approximate surface area is 188 Å². The summed E-state index contributed by atoms with van der Waals surface area (Å²) >= 11 is 0. The third-order valence-electron chi connectivity index (χ3n) is 5.16. The van der Waals surface area contributed by atoms with E-state index in [1.54, 1.807) is 0 Å². The molecule has 0 amide bonds. The van der Waals surface area contributed by atoms with Crippen LogP contribution in [-0.4, -0.2) is 95.0 Å². The van der Waals surface area contributed by atoms with Gasteiger partial charge in [-0.15, -0.1) is 19.9 Å². The van der Waals surface area contributed by atoms with Crippen molar-refractivity contribution in [2.45, 2.75) is 33.7 Å². The lowest BCUT2D eigenvalue weighted by Crippen LogP contribution is -2.60. The quantitative estimate of drug-likeness (QED) is 0.488. The maximum absolute atomic E-state index is 5.59. The highest BCUT2D eigenvalue weighted by molar-refractivity contribution is 5.32. The summed E-state index contributed by atoms with van der Waals surface area (Å²) in [4.78, 5) is 29.2. The summed E-state index contributed by atoms with van der Waals surface area (Å²) in [5, 5.41) is 0. The molecule has 1 aliphatic rings. The van der Waals surface area contributed by atoms with Crippen LogP contribution in [0.3, 0.4) is 0 Å². The van der Waals surface area contributed by atoms with Crippen molar-refractivity contribution in [3.63, 3.8) is 0 Å². The van der Waals surface area contributed by atoms with Crippen molar-refractivity contribution < 1.29 is 18.9 Å². The zero-order valence-corrected chi connectivity index (χ0v) is 19.7. The van der Waals surface area contributed by atoms with E-state index in [0.29, 0.717) is 49.2 Å². The second-order valence-electron chi connectivity index (χ2n) is 7.46. The molecule has 1 aliphatic heterocycles. The fraction of sp³-hybridized carbons (Fsp3) is 0.700. The number of nitrogens with zero attached hydrogens (tertiary/aromatic N) is 8. The van der Waals surface area contributed by atoms with Gasteiger partial charge in [0.05, 0.1) is 46.6 Å². The van der Waals surface area contributed by atoms with Crippen LogP contribution in [0.5, 0.6) is 24.0 Å². The summed E-state index contributed by atoms with van der Waals surface area (Å²) < 4.78 is 22.7. The predicted molar refractivity (Wildman–Crippen MR) is 117 cm³/mol. The molecule has 3 rings (SSSR count). The largest absolute Gasteiger partial charge is 0.464 e. The van der Waals surface area contributed by atoms with Gasteiger partial charge in [0.2, 0.25) is 0 Å². The molecule has 0 spiro atoms. The first-order valence-electron chi connectivity index (χ1n) is 11.0. The van der Waals surface area contributed by atoms with E-state index in [2.05, 4.69) is 48.9 Å². The van der Waals surface area contributed by atoms with E-state index in [4.69, 9.17) is 18.9 Å². The van der Waals surface area contributed by atoms with Gasteiger partial charge in [0.1, 0.15) is 0 Å². The number of hydrogen-bond donors (Lipinski definition) is 0. The summed E-state index contributed by atoms with van der Waals surface area (Å²) in [5.41, 5.74) is 0. The minimum Gasteiger partial charge on any atom is -0.464 e. The molecule has 2 aromatic rings. The van der Waals surface area contributed by atoms with Crippen LogP contribution < -0.4 is 23.4 Å². The number of aromatic nitrogens is 6. The van der Waals surface area contributed by atoms with E-state index in [-0.39, 0.29) is 30.1 Å². The van der Waals surface area contributed by atoms with Crippen LogP contribution in [0.15, 0.2) is 0 Å². The van der Waals surface area contributed by atoms with Gasteiger partial charge in [-0.2, -0.15) is 9.97 Å². The summed E-state index contributed by atoms with van der Waals surface area (Å²) in [6.07, 6.45) is 0. The van der Waals surface area contributed by atoms with Gasteiger partial charge in [-0.25, -0.2) is 4.48 Å². The molecular formula is C20H33N8O4+. The number of piperazine rings is 1. The Balaban J connectivity index is 2.10. The highest BCUT2D eigenvalue weighted by atomic mass is 16.5. The molecule has 32 heavy (non-hydrogen) atoms. The van der Waals surface area contributed by atoms with Gasteiger partial charge in [0.15, 0.2) is 11.9 Å². The average molecular weight is 450 g/mol. The molecule has 12 nitrogen and oxygen atoms in total. The molecule has 12 heteroatoms. The SMILES string of the molecule is CCOc1nc(OCC)nc(C2CN(C)CC[N+]2(C)c2nc(OCC)nc(OCC)n2)n1. The monoisotopic (exact) mass is 449 g/mol. The van der Waals surface area contributed by atoms with E-state index in [1.807, 2.05) is 27.7 Å². The van der Waals surface area contributed by atoms with Crippen molar-refractivity contribution in [1.82, 2.24) is 39.3 Å². The molecule has 1 saturated heterocycles. The maximum Gasteiger partial charge on any atom is 0.338 e. The minimum absolute atomic E-state index is 0.207. The number of rotatable bonds is 10. The van der Waals surface area contributed by atoms with Crippen LogP contribution in [-0.2, 0) is 0 Å². The van der Waals surface area contributed by atoms with E-state index in [0.717, 1.165) is 13.1 Å². The molecule has 0 aliphatic carbocycles. The third-order valence-corrected chi connectivity index (χ3v) is 5.16. The van der Waals surface area contributed by atoms with E-state index < -0.39 is 0 Å². The minimum atomic E-state index is -0.207. The van der Waals surface area contributed by atoms with Gasteiger partial charge < -0.3 is 18.9 Å². The Morgan fingerprint density at radius 1 is 0.750 bits per heavy atom. The lowest BCUT2D eigenvalue weighted by atomic mass is 10.1. The molecule has 0 bridgehead atoms. The van der Waals surface area contributed by atoms with Crippen molar-refractivity contribution in [3.05, 3.63) is 5.82 Å². The van der Waals surface area contributed by atoms with Crippen molar-refractivity contribution in [3.8, 4) is 24.0 Å². The topological polar surface area (TPSA) is 118 Å². The predicted octanol–water partition coefficient (Wildman–Crippen LogP) is 1.28. The van der Waals surface area contributed by atoms with Gasteiger partial charge in [-0.1, -0.05) is 0 Å². The number of quaternary nitrogens is 1. The van der Waals surface area contributed by atoms with Crippen molar-refractivity contribution in [2.75, 3.05) is 60.2 Å². The zero-order valence-electron chi connectivity index (χ0n) is 19.7. The summed E-state index contributed by atoms with van der Waals surface area (Å²) in [5.74, 6) is 1.08.